The molecule has 2 atom stereocenters. The Hall–Kier alpha value is -2.39. The average Bonchev–Trinajstić information content (AvgIpc) is 2.61. The fraction of sp³-hybridized carbons (Fsp3) is 0.316. The van der Waals surface area contributed by atoms with E-state index in [9.17, 15) is 26.4 Å². The highest BCUT2D eigenvalue weighted by Gasteiger charge is 2.32. The number of rotatable bonds is 6. The molecule has 0 saturated carbocycles. The highest BCUT2D eigenvalue weighted by molar-refractivity contribution is 7.89. The zero-order valence-electron chi connectivity index (χ0n) is 15.5. The van der Waals surface area contributed by atoms with E-state index in [1.165, 1.54) is 6.92 Å². The lowest BCUT2D eigenvalue weighted by molar-refractivity contribution is -0.137. The second-order valence-corrected chi connectivity index (χ2v) is 8.17. The van der Waals surface area contributed by atoms with Crippen LogP contribution >= 0.6 is 0 Å². The van der Waals surface area contributed by atoms with Crippen LogP contribution in [0.1, 0.15) is 36.6 Å². The Morgan fingerprint density at radius 3 is 2.29 bits per heavy atom. The number of nitrogens with one attached hydrogen (secondary N) is 2. The second-order valence-electron chi connectivity index (χ2n) is 6.46. The van der Waals surface area contributed by atoms with Crippen molar-refractivity contribution in [3.8, 4) is 0 Å². The van der Waals surface area contributed by atoms with Crippen LogP contribution in [-0.2, 0) is 21.0 Å². The molecule has 9 heteroatoms. The van der Waals surface area contributed by atoms with Crippen molar-refractivity contribution in [3.05, 3.63) is 65.2 Å². The van der Waals surface area contributed by atoms with Crippen molar-refractivity contribution >= 4 is 15.9 Å². The largest absolute Gasteiger partial charge is 0.416 e. The Bertz CT molecular complexity index is 959. The van der Waals surface area contributed by atoms with Crippen molar-refractivity contribution in [2.75, 3.05) is 0 Å². The van der Waals surface area contributed by atoms with E-state index in [1.807, 2.05) is 31.2 Å². The molecule has 2 aromatic rings. The van der Waals surface area contributed by atoms with Gasteiger partial charge in [0.1, 0.15) is 0 Å². The van der Waals surface area contributed by atoms with Gasteiger partial charge in [-0.05, 0) is 50.1 Å². The molecule has 0 aliphatic rings. The summed E-state index contributed by atoms with van der Waals surface area (Å²) in [4.78, 5) is 11.8. The van der Waals surface area contributed by atoms with Gasteiger partial charge in [0.15, 0.2) is 0 Å². The van der Waals surface area contributed by atoms with Gasteiger partial charge in [0.25, 0.3) is 0 Å². The lowest BCUT2D eigenvalue weighted by Crippen LogP contribution is -2.45. The Morgan fingerprint density at radius 2 is 1.68 bits per heavy atom. The standard InChI is InChI=1S/C19H21F3N2O3S/c1-12-7-4-5-10-17(12)13(2)23-18(25)14(3)24-28(26,27)16-9-6-8-15(11-16)19(20,21)22/h4-11,13-14,24H,1-3H3,(H,23,25). The van der Waals surface area contributed by atoms with E-state index in [1.54, 1.807) is 6.92 Å². The van der Waals surface area contributed by atoms with Crippen molar-refractivity contribution in [2.24, 2.45) is 0 Å². The van der Waals surface area contributed by atoms with Gasteiger partial charge >= 0.3 is 6.18 Å². The van der Waals surface area contributed by atoms with Crippen LogP contribution in [0.4, 0.5) is 13.2 Å². The first-order chi connectivity index (χ1) is 12.9. The predicted molar refractivity (Wildman–Crippen MR) is 99.0 cm³/mol. The van der Waals surface area contributed by atoms with Crippen molar-refractivity contribution < 1.29 is 26.4 Å². The third kappa shape index (κ3) is 5.32. The van der Waals surface area contributed by atoms with E-state index in [0.717, 1.165) is 29.3 Å². The second kappa shape index (κ2) is 8.32. The van der Waals surface area contributed by atoms with Gasteiger partial charge in [-0.1, -0.05) is 30.3 Å². The van der Waals surface area contributed by atoms with Crippen LogP contribution in [-0.4, -0.2) is 20.4 Å². The maximum Gasteiger partial charge on any atom is 0.416 e. The topological polar surface area (TPSA) is 75.3 Å². The molecule has 2 aromatic carbocycles. The zero-order valence-corrected chi connectivity index (χ0v) is 16.4. The lowest BCUT2D eigenvalue weighted by atomic mass is 10.0. The average molecular weight is 414 g/mol. The summed E-state index contributed by atoms with van der Waals surface area (Å²) in [6.07, 6.45) is -4.67. The number of benzene rings is 2. The van der Waals surface area contributed by atoms with Gasteiger partial charge in [-0.15, -0.1) is 0 Å². The fourth-order valence-electron chi connectivity index (χ4n) is 2.68. The molecule has 0 saturated heterocycles. The number of carbonyl (C=O) groups is 1. The van der Waals surface area contributed by atoms with E-state index in [0.29, 0.717) is 6.07 Å². The van der Waals surface area contributed by atoms with E-state index < -0.39 is 38.6 Å². The minimum absolute atomic E-state index is 0.366. The van der Waals surface area contributed by atoms with Gasteiger partial charge in [0.05, 0.1) is 22.5 Å². The molecule has 0 aliphatic carbocycles. The molecule has 2 rings (SSSR count). The van der Waals surface area contributed by atoms with Gasteiger partial charge in [-0.25, -0.2) is 8.42 Å². The Balaban J connectivity index is 2.11. The number of aryl methyl sites for hydroxylation is 1. The number of halogens is 3. The van der Waals surface area contributed by atoms with Crippen LogP contribution < -0.4 is 10.0 Å². The maximum absolute atomic E-state index is 12.8. The van der Waals surface area contributed by atoms with Gasteiger partial charge in [0.2, 0.25) is 15.9 Å². The minimum atomic E-state index is -4.67. The summed E-state index contributed by atoms with van der Waals surface area (Å²) in [5.74, 6) is -0.591. The number of alkyl halides is 3. The van der Waals surface area contributed by atoms with Crippen molar-refractivity contribution in [3.63, 3.8) is 0 Å². The summed E-state index contributed by atoms with van der Waals surface area (Å²) in [5, 5.41) is 2.70. The monoisotopic (exact) mass is 414 g/mol. The van der Waals surface area contributed by atoms with E-state index in [4.69, 9.17) is 0 Å². The Labute approximate surface area is 162 Å². The number of hydrogen-bond donors (Lipinski definition) is 2. The summed E-state index contributed by atoms with van der Waals surface area (Å²) in [7, 11) is -4.31. The van der Waals surface area contributed by atoms with Crippen LogP contribution in [0.2, 0.25) is 0 Å². The molecule has 5 nitrogen and oxygen atoms in total. The summed E-state index contributed by atoms with van der Waals surface area (Å²) >= 11 is 0. The number of carbonyl (C=O) groups excluding carboxylic acids is 1. The van der Waals surface area contributed by atoms with Gasteiger partial charge in [-0.2, -0.15) is 17.9 Å². The van der Waals surface area contributed by atoms with E-state index in [2.05, 4.69) is 10.0 Å². The normalized spacial score (nSPS) is 14.4. The van der Waals surface area contributed by atoms with Gasteiger partial charge in [0, 0.05) is 0 Å². The highest BCUT2D eigenvalue weighted by Crippen LogP contribution is 2.30. The molecular weight excluding hydrogens is 393 g/mol. The van der Waals surface area contributed by atoms with E-state index >= 15 is 0 Å². The van der Waals surface area contributed by atoms with Crippen LogP contribution in [0, 0.1) is 6.92 Å². The molecule has 0 bridgehead atoms. The Kier molecular flexibility index (Phi) is 6.51. The quantitative estimate of drug-likeness (QED) is 0.759. The van der Waals surface area contributed by atoms with Crippen molar-refractivity contribution in [2.45, 2.75) is 43.9 Å². The molecule has 0 spiro atoms. The van der Waals surface area contributed by atoms with Crippen LogP contribution in [0.15, 0.2) is 53.4 Å². The van der Waals surface area contributed by atoms with E-state index in [-0.39, 0.29) is 6.04 Å². The molecule has 0 aromatic heterocycles. The first kappa shape index (κ1) is 21.9. The number of sulfonamides is 1. The van der Waals surface area contributed by atoms with Gasteiger partial charge in [-0.3, -0.25) is 4.79 Å². The molecule has 0 radical (unpaired) electrons. The zero-order chi connectivity index (χ0) is 21.1. The first-order valence-corrected chi connectivity index (χ1v) is 9.95. The SMILES string of the molecule is Cc1ccccc1C(C)NC(=O)C(C)NS(=O)(=O)c1cccc(C(F)(F)F)c1. The molecule has 2 N–H and O–H groups in total. The van der Waals surface area contributed by atoms with Crippen LogP contribution in [0.5, 0.6) is 0 Å². The summed E-state index contributed by atoms with van der Waals surface area (Å²) < 4.78 is 65.3. The molecule has 152 valence electrons. The molecule has 1 amide bonds. The maximum atomic E-state index is 12.8. The predicted octanol–water partition coefficient (Wildman–Crippen LogP) is 3.56. The molecular formula is C19H21F3N2O3S. The minimum Gasteiger partial charge on any atom is -0.348 e. The third-order valence-electron chi connectivity index (χ3n) is 4.21. The summed E-state index contributed by atoms with van der Waals surface area (Å²) in [6, 6.07) is 9.22. The molecule has 0 fully saturated rings. The third-order valence-corrected chi connectivity index (χ3v) is 5.75. The Morgan fingerprint density at radius 1 is 1.04 bits per heavy atom. The van der Waals surface area contributed by atoms with Crippen LogP contribution in [0.25, 0.3) is 0 Å². The summed E-state index contributed by atoms with van der Waals surface area (Å²) in [5.41, 5.74) is 0.761. The van der Waals surface area contributed by atoms with Crippen LogP contribution in [0.3, 0.4) is 0 Å². The molecule has 0 heterocycles. The first-order valence-electron chi connectivity index (χ1n) is 8.47. The fourth-order valence-corrected chi connectivity index (χ4v) is 3.93. The molecule has 2 unspecified atom stereocenters. The molecule has 28 heavy (non-hydrogen) atoms. The summed E-state index contributed by atoms with van der Waals surface area (Å²) in [6.45, 7) is 4.97. The number of hydrogen-bond acceptors (Lipinski definition) is 3. The number of amides is 1. The smallest absolute Gasteiger partial charge is 0.348 e. The highest BCUT2D eigenvalue weighted by atomic mass is 32.2. The van der Waals surface area contributed by atoms with Crippen molar-refractivity contribution in [1.82, 2.24) is 10.0 Å². The van der Waals surface area contributed by atoms with Gasteiger partial charge < -0.3 is 5.32 Å². The van der Waals surface area contributed by atoms with Crippen molar-refractivity contribution in [1.29, 1.82) is 0 Å². The lowest BCUT2D eigenvalue weighted by Gasteiger charge is -2.20. The molecule has 0 aliphatic heterocycles.